The van der Waals surface area contributed by atoms with Crippen molar-refractivity contribution in [1.29, 1.82) is 0 Å². The van der Waals surface area contributed by atoms with E-state index in [1.54, 1.807) is 12.7 Å². The normalized spacial score (nSPS) is 23.6. The number of likely N-dealkylation sites (tertiary alicyclic amines) is 2. The van der Waals surface area contributed by atoms with Crippen LogP contribution in [-0.2, 0) is 54.5 Å². The molecule has 4 saturated heterocycles. The monoisotopic (exact) mass is 1540 g/mol. The van der Waals surface area contributed by atoms with Crippen molar-refractivity contribution >= 4 is 69.2 Å². The highest BCUT2D eigenvalue weighted by atomic mass is 16.3. The van der Waals surface area contributed by atoms with Gasteiger partial charge in [-0.1, -0.05) is 173 Å². The SMILES string of the molecule is CCC(=O)C[C@@H]1CCN(C(=O)Cc2cccc(CC(=O)N3CC[C@@H](CC(=O)C[C@@H]4CCN(c5nc(CCC(c6ccccc6)c6ccccc6)c6ncn([C@@H]7C[C@H](CC(=O)CC)[C@@H](O)[C@H]7O)c6n5)C4)C3)c2)C1.CCC(=O)C[C@H]1C[C@@H](n2cnc3c(CCC(c4ccccc4)c4ccccc4)nc(N4CC[C@@H](C)C4)nc32)[C@H](O)[C@@H]1O. The number of aryl methyl sites for hydroxylation is 2. The Morgan fingerprint density at radius 2 is 0.798 bits per heavy atom. The number of aliphatic hydroxyl groups excluding tert-OH is 4. The summed E-state index contributed by atoms with van der Waals surface area (Å²) in [5.74, 6) is 2.63. The molecule has 22 heteroatoms. The standard InChI is InChI=1S/C58H71N7O7.C34H41N5O3/c1-3-46(66)27-40-20-23-62(34-40)52(69)30-38-12-11-13-39(26-38)31-53(70)63-24-21-41(35-63)28-48(68)29-42-22-25-64(36-42)58-60-50(19-18-49(43-14-7-5-8-15-43)44-16-9-6-10-17-44)54-57(61-58)65(37-59-54)51-33-45(32-47(67)4-2)55(71)56(51)72;1-3-26(40)18-25-19-29(32(42)31(25)41)39-21-35-30-28(36-34(37-33(30)39)38-17-16-22(2)20-38)15-14-27(23-10-6-4-7-11-23)24-12-8-5-9-13-24/h5-17,26,37,40-42,45,49,51,55-56,71-72H,3-4,18-25,27-36H2,1-2H3;4-13,21-22,25,27,29,31-32,41-42H,3,14-20H2,1-2H3/t40-,41-,42-,45-,51+,55+,56-;22-,25+,29-,31-,32+/m01/s1. The van der Waals surface area contributed by atoms with Gasteiger partial charge in [-0.3, -0.25) is 28.8 Å². The molecule has 12 atom stereocenters. The molecule has 2 saturated carbocycles. The van der Waals surface area contributed by atoms with E-state index in [1.165, 1.54) is 22.3 Å². The first-order valence-electron chi connectivity index (χ1n) is 41.9. The summed E-state index contributed by atoms with van der Waals surface area (Å²) in [7, 11) is 0. The number of fused-ring (bicyclic) bond motifs is 2. The molecule has 0 spiro atoms. The minimum Gasteiger partial charge on any atom is -0.390 e. The van der Waals surface area contributed by atoms with Gasteiger partial charge in [0.25, 0.3) is 0 Å². The fourth-order valence-corrected chi connectivity index (χ4v) is 18.8. The van der Waals surface area contributed by atoms with E-state index in [1.807, 2.05) is 88.2 Å². The summed E-state index contributed by atoms with van der Waals surface area (Å²) in [5.41, 5.74) is 11.1. The lowest BCUT2D eigenvalue weighted by Gasteiger charge is -2.21. The van der Waals surface area contributed by atoms with Crippen LogP contribution in [-0.4, -0.2) is 181 Å². The minimum absolute atomic E-state index is 0.0289. The molecule has 4 aromatic heterocycles. The van der Waals surface area contributed by atoms with Crippen molar-refractivity contribution in [3.63, 3.8) is 0 Å². The number of carbonyl (C=O) groups is 6. The molecule has 2 amide bonds. The van der Waals surface area contributed by atoms with Crippen molar-refractivity contribution < 1.29 is 49.2 Å². The summed E-state index contributed by atoms with van der Waals surface area (Å²) in [6.07, 6.45) is 10.5. The Kier molecular flexibility index (Phi) is 26.4. The molecule has 22 nitrogen and oxygen atoms in total. The van der Waals surface area contributed by atoms with E-state index in [0.29, 0.717) is 138 Å². The first kappa shape index (κ1) is 80.9. The number of imidazole rings is 2. The van der Waals surface area contributed by atoms with Crippen LogP contribution in [0.3, 0.4) is 0 Å². The van der Waals surface area contributed by atoms with Crippen molar-refractivity contribution in [2.75, 3.05) is 62.2 Å². The van der Waals surface area contributed by atoms with Gasteiger partial charge in [0.2, 0.25) is 23.7 Å². The molecule has 5 aromatic carbocycles. The number of rotatable bonds is 31. The fraction of sp³-hybridized carbons (Fsp3) is 0.500. The molecule has 8 heterocycles. The minimum atomic E-state index is -1.09. The predicted octanol–water partition coefficient (Wildman–Crippen LogP) is 12.4. The largest absolute Gasteiger partial charge is 0.390 e. The number of benzene rings is 5. The molecule has 6 aliphatic rings. The molecule has 6 fully saturated rings. The van der Waals surface area contributed by atoms with Gasteiger partial charge in [0.1, 0.15) is 46.4 Å². The van der Waals surface area contributed by atoms with Gasteiger partial charge in [-0.05, 0) is 133 Å². The van der Waals surface area contributed by atoms with Gasteiger partial charge >= 0.3 is 0 Å². The zero-order valence-corrected chi connectivity index (χ0v) is 66.5. The van der Waals surface area contributed by atoms with Crippen LogP contribution >= 0.6 is 0 Å². The smallest absolute Gasteiger partial charge is 0.227 e. The molecule has 0 bridgehead atoms. The van der Waals surface area contributed by atoms with Crippen molar-refractivity contribution in [1.82, 2.24) is 48.8 Å². The third-order valence-corrected chi connectivity index (χ3v) is 25.3. The average Bonchev–Trinajstić information content (AvgIpc) is 1.61. The van der Waals surface area contributed by atoms with Gasteiger partial charge in [0, 0.05) is 116 Å². The van der Waals surface area contributed by atoms with Gasteiger partial charge < -0.3 is 49.2 Å². The van der Waals surface area contributed by atoms with E-state index in [-0.39, 0.29) is 102 Å². The van der Waals surface area contributed by atoms with E-state index in [9.17, 15) is 49.2 Å². The second kappa shape index (κ2) is 37.2. The van der Waals surface area contributed by atoms with Gasteiger partial charge in [0.05, 0.1) is 61.2 Å². The first-order chi connectivity index (χ1) is 55.3. The lowest BCUT2D eigenvalue weighted by atomic mass is 9.87. The fourth-order valence-electron chi connectivity index (χ4n) is 18.8. The molecule has 114 heavy (non-hydrogen) atoms. The summed E-state index contributed by atoms with van der Waals surface area (Å²) < 4.78 is 3.79. The van der Waals surface area contributed by atoms with Crippen LogP contribution in [0, 0.1) is 35.5 Å². The Hall–Kier alpha value is -9.74. The van der Waals surface area contributed by atoms with Gasteiger partial charge in [0.15, 0.2) is 11.3 Å². The second-order valence-electron chi connectivity index (χ2n) is 33.3. The maximum atomic E-state index is 13.7. The maximum Gasteiger partial charge on any atom is 0.227 e. The van der Waals surface area contributed by atoms with E-state index < -0.39 is 36.5 Å². The van der Waals surface area contributed by atoms with E-state index in [2.05, 4.69) is 114 Å². The number of Topliss-reactive ketones (excluding diaryl/α,β-unsaturated/α-hetero) is 4. The number of amides is 2. The molecular weight excluding hydrogens is 1430 g/mol. The molecule has 4 aliphatic heterocycles. The second-order valence-corrected chi connectivity index (χ2v) is 33.3. The van der Waals surface area contributed by atoms with Crippen LogP contribution in [0.5, 0.6) is 0 Å². The van der Waals surface area contributed by atoms with E-state index in [0.717, 1.165) is 79.6 Å². The summed E-state index contributed by atoms with van der Waals surface area (Å²) in [5, 5.41) is 44.4. The van der Waals surface area contributed by atoms with Crippen molar-refractivity contribution in [2.45, 2.75) is 204 Å². The zero-order valence-electron chi connectivity index (χ0n) is 66.5. The Bertz CT molecular complexity index is 4710. The van der Waals surface area contributed by atoms with Crippen LogP contribution in [0.25, 0.3) is 22.3 Å². The Morgan fingerprint density at radius 3 is 1.20 bits per heavy atom. The summed E-state index contributed by atoms with van der Waals surface area (Å²) in [4.78, 5) is 115. The van der Waals surface area contributed by atoms with Crippen molar-refractivity contribution in [3.05, 3.63) is 203 Å². The third-order valence-electron chi connectivity index (χ3n) is 25.3. The lowest BCUT2D eigenvalue weighted by molar-refractivity contribution is -0.130. The molecule has 4 N–H and O–H groups in total. The average molecular weight is 1550 g/mol. The quantitative estimate of drug-likeness (QED) is 0.0314. The van der Waals surface area contributed by atoms with Crippen LogP contribution in [0.2, 0.25) is 0 Å². The molecule has 0 unspecified atom stereocenters. The summed E-state index contributed by atoms with van der Waals surface area (Å²) in [6.45, 7) is 13.4. The molecule has 9 aromatic rings. The number of ketones is 4. The number of aromatic nitrogens is 8. The van der Waals surface area contributed by atoms with Crippen LogP contribution in [0.1, 0.15) is 199 Å². The topological polar surface area (TPSA) is 284 Å². The highest BCUT2D eigenvalue weighted by molar-refractivity contribution is 5.83. The Balaban J connectivity index is 0.000000217. The predicted molar refractivity (Wildman–Crippen MR) is 439 cm³/mol. The van der Waals surface area contributed by atoms with Gasteiger partial charge in [-0.25, -0.2) is 19.9 Å². The molecular formula is C92H112N12O10. The van der Waals surface area contributed by atoms with Gasteiger partial charge in [-0.2, -0.15) is 9.97 Å². The first-order valence-corrected chi connectivity index (χ1v) is 41.9. The summed E-state index contributed by atoms with van der Waals surface area (Å²) >= 11 is 0. The Morgan fingerprint density at radius 1 is 0.421 bits per heavy atom. The third kappa shape index (κ3) is 19.1. The van der Waals surface area contributed by atoms with Gasteiger partial charge in [-0.15, -0.1) is 0 Å². The number of carbonyl (C=O) groups excluding carboxylic acids is 6. The maximum absolute atomic E-state index is 13.7. The lowest BCUT2D eigenvalue weighted by Crippen LogP contribution is -2.31. The molecule has 2 aliphatic carbocycles. The Labute approximate surface area is 668 Å². The zero-order chi connectivity index (χ0) is 79.5. The number of hydrogen-bond acceptors (Lipinski definition) is 18. The molecule has 600 valence electrons. The number of nitrogens with zero attached hydrogens (tertiary/aromatic N) is 12. The number of anilines is 2. The molecule has 0 radical (unpaired) electrons. The highest BCUT2D eigenvalue weighted by Gasteiger charge is 2.46. The molecule has 15 rings (SSSR count). The number of hydrogen-bond donors (Lipinski definition) is 4. The highest BCUT2D eigenvalue weighted by Crippen LogP contribution is 2.43. The summed E-state index contributed by atoms with van der Waals surface area (Å²) in [6, 6.07) is 48.9. The van der Waals surface area contributed by atoms with E-state index >= 15 is 0 Å². The van der Waals surface area contributed by atoms with Crippen LogP contribution < -0.4 is 9.80 Å². The van der Waals surface area contributed by atoms with E-state index in [4.69, 9.17) is 29.9 Å². The van der Waals surface area contributed by atoms with Crippen molar-refractivity contribution in [3.8, 4) is 0 Å². The van der Waals surface area contributed by atoms with Crippen molar-refractivity contribution in [2.24, 2.45) is 35.5 Å². The van der Waals surface area contributed by atoms with Crippen LogP contribution in [0.4, 0.5) is 11.9 Å². The van der Waals surface area contributed by atoms with Crippen LogP contribution in [0.15, 0.2) is 158 Å². The number of aliphatic hydroxyl groups is 4.